The standard InChI is InChI=1S/C20H25FN4O/c1-15(26)22-12-20-13-23-19(11-24-20)10-16-5-7-25(8-6-16)14-17-3-2-4-18(21)9-17/h2-4,9,11,13,16H,5-8,10,12,14H2,1H3,(H,22,26). The average Bonchev–Trinajstić information content (AvgIpc) is 2.63. The van der Waals surface area contributed by atoms with Gasteiger partial charge in [-0.05, 0) is 56.0 Å². The van der Waals surface area contributed by atoms with Crippen LogP contribution in [0.3, 0.4) is 0 Å². The number of rotatable bonds is 6. The summed E-state index contributed by atoms with van der Waals surface area (Å²) in [7, 11) is 0. The zero-order valence-electron chi connectivity index (χ0n) is 15.1. The molecule has 5 nitrogen and oxygen atoms in total. The van der Waals surface area contributed by atoms with Crippen LogP contribution in [0.1, 0.15) is 36.7 Å². The van der Waals surface area contributed by atoms with Crippen LogP contribution < -0.4 is 5.32 Å². The van der Waals surface area contributed by atoms with Crippen LogP contribution in [0.15, 0.2) is 36.7 Å². The fourth-order valence-corrected chi connectivity index (χ4v) is 3.33. The van der Waals surface area contributed by atoms with Gasteiger partial charge in [0.15, 0.2) is 0 Å². The second kappa shape index (κ2) is 8.85. The van der Waals surface area contributed by atoms with Gasteiger partial charge in [-0.15, -0.1) is 0 Å². The van der Waals surface area contributed by atoms with Gasteiger partial charge in [0.05, 0.1) is 24.1 Å². The van der Waals surface area contributed by atoms with Gasteiger partial charge in [0.1, 0.15) is 5.82 Å². The molecule has 26 heavy (non-hydrogen) atoms. The molecule has 0 saturated carbocycles. The molecule has 1 saturated heterocycles. The second-order valence-corrected chi connectivity index (χ2v) is 6.96. The molecule has 1 aliphatic heterocycles. The van der Waals surface area contributed by atoms with Crippen LogP contribution in [-0.2, 0) is 24.3 Å². The number of nitrogens with one attached hydrogen (secondary N) is 1. The summed E-state index contributed by atoms with van der Waals surface area (Å²) in [6.45, 7) is 4.76. The Kier molecular flexibility index (Phi) is 6.28. The van der Waals surface area contributed by atoms with Gasteiger partial charge in [-0.2, -0.15) is 0 Å². The number of amides is 1. The summed E-state index contributed by atoms with van der Waals surface area (Å²) in [6.07, 6.45) is 6.72. The molecule has 138 valence electrons. The molecule has 3 rings (SSSR count). The Balaban J connectivity index is 1.44. The molecule has 2 aromatic rings. The summed E-state index contributed by atoms with van der Waals surface area (Å²) < 4.78 is 13.3. The minimum atomic E-state index is -0.169. The van der Waals surface area contributed by atoms with E-state index in [0.29, 0.717) is 12.5 Å². The third kappa shape index (κ3) is 5.59. The van der Waals surface area contributed by atoms with Gasteiger partial charge >= 0.3 is 0 Å². The van der Waals surface area contributed by atoms with Crippen molar-refractivity contribution in [3.05, 3.63) is 59.4 Å². The number of nitrogens with zero attached hydrogens (tertiary/aromatic N) is 3. The third-order valence-corrected chi connectivity index (χ3v) is 4.78. The maximum absolute atomic E-state index is 13.3. The van der Waals surface area contributed by atoms with Gasteiger partial charge in [0.25, 0.3) is 0 Å². The number of likely N-dealkylation sites (tertiary alicyclic amines) is 1. The lowest BCUT2D eigenvalue weighted by Gasteiger charge is -2.31. The summed E-state index contributed by atoms with van der Waals surface area (Å²) >= 11 is 0. The van der Waals surface area contributed by atoms with Crippen molar-refractivity contribution in [1.82, 2.24) is 20.2 Å². The summed E-state index contributed by atoms with van der Waals surface area (Å²) in [5.41, 5.74) is 2.80. The lowest BCUT2D eigenvalue weighted by molar-refractivity contribution is -0.119. The Hall–Kier alpha value is -2.34. The average molecular weight is 356 g/mol. The molecule has 1 aliphatic rings. The highest BCUT2D eigenvalue weighted by molar-refractivity contribution is 5.72. The molecule has 1 aromatic carbocycles. The highest BCUT2D eigenvalue weighted by Crippen LogP contribution is 2.22. The summed E-state index contributed by atoms with van der Waals surface area (Å²) in [4.78, 5) is 22.2. The fourth-order valence-electron chi connectivity index (χ4n) is 3.33. The van der Waals surface area contributed by atoms with Crippen LogP contribution in [0.5, 0.6) is 0 Å². The van der Waals surface area contributed by atoms with Crippen molar-refractivity contribution in [3.8, 4) is 0 Å². The van der Waals surface area contributed by atoms with Gasteiger partial charge in [-0.1, -0.05) is 12.1 Å². The van der Waals surface area contributed by atoms with Gasteiger partial charge in [0, 0.05) is 19.7 Å². The van der Waals surface area contributed by atoms with E-state index in [4.69, 9.17) is 0 Å². The zero-order valence-corrected chi connectivity index (χ0v) is 15.1. The highest BCUT2D eigenvalue weighted by Gasteiger charge is 2.20. The Morgan fingerprint density at radius 3 is 2.62 bits per heavy atom. The van der Waals surface area contributed by atoms with Crippen LogP contribution in [-0.4, -0.2) is 33.9 Å². The quantitative estimate of drug-likeness (QED) is 0.865. The van der Waals surface area contributed by atoms with Crippen LogP contribution >= 0.6 is 0 Å². The number of halogens is 1. The van der Waals surface area contributed by atoms with Crippen molar-refractivity contribution < 1.29 is 9.18 Å². The van der Waals surface area contributed by atoms with Crippen LogP contribution in [0.25, 0.3) is 0 Å². The van der Waals surface area contributed by atoms with E-state index in [1.165, 1.54) is 13.0 Å². The van der Waals surface area contributed by atoms with Crippen molar-refractivity contribution in [2.75, 3.05) is 13.1 Å². The van der Waals surface area contributed by atoms with Gasteiger partial charge in [0.2, 0.25) is 5.91 Å². The molecule has 1 aromatic heterocycles. The van der Waals surface area contributed by atoms with E-state index in [-0.39, 0.29) is 11.7 Å². The third-order valence-electron chi connectivity index (χ3n) is 4.78. The normalized spacial score (nSPS) is 15.8. The molecule has 0 bridgehead atoms. The molecular weight excluding hydrogens is 331 g/mol. The number of aromatic nitrogens is 2. The maximum Gasteiger partial charge on any atom is 0.217 e. The number of carbonyl (C=O) groups is 1. The molecule has 2 heterocycles. The highest BCUT2D eigenvalue weighted by atomic mass is 19.1. The van der Waals surface area contributed by atoms with E-state index in [1.807, 2.05) is 12.3 Å². The first-order chi connectivity index (χ1) is 12.6. The molecule has 1 fully saturated rings. The first-order valence-corrected chi connectivity index (χ1v) is 9.09. The number of hydrogen-bond donors (Lipinski definition) is 1. The minimum absolute atomic E-state index is 0.0686. The Bertz CT molecular complexity index is 727. The van der Waals surface area contributed by atoms with Crippen LogP contribution in [0.4, 0.5) is 4.39 Å². The van der Waals surface area contributed by atoms with Crippen molar-refractivity contribution in [2.24, 2.45) is 5.92 Å². The Morgan fingerprint density at radius 2 is 1.96 bits per heavy atom. The van der Waals surface area contributed by atoms with Crippen molar-refractivity contribution >= 4 is 5.91 Å². The second-order valence-electron chi connectivity index (χ2n) is 6.96. The molecule has 1 amide bonds. The molecule has 0 radical (unpaired) electrons. The molecule has 0 aliphatic carbocycles. The molecular formula is C20H25FN4O. The van der Waals surface area contributed by atoms with Gasteiger partial charge in [-0.25, -0.2) is 4.39 Å². The number of benzene rings is 1. The monoisotopic (exact) mass is 356 g/mol. The summed E-state index contributed by atoms with van der Waals surface area (Å²) in [5.74, 6) is 0.369. The SMILES string of the molecule is CC(=O)NCc1cnc(CC2CCN(Cc3cccc(F)c3)CC2)cn1. The Morgan fingerprint density at radius 1 is 1.23 bits per heavy atom. The summed E-state index contributed by atoms with van der Waals surface area (Å²) in [6, 6.07) is 6.85. The molecule has 0 atom stereocenters. The van der Waals surface area contributed by atoms with E-state index < -0.39 is 0 Å². The van der Waals surface area contributed by atoms with Crippen molar-refractivity contribution in [2.45, 2.75) is 39.3 Å². The number of piperidine rings is 1. The topological polar surface area (TPSA) is 58.1 Å². The maximum atomic E-state index is 13.3. The van der Waals surface area contributed by atoms with E-state index in [9.17, 15) is 9.18 Å². The van der Waals surface area contributed by atoms with Crippen LogP contribution in [0.2, 0.25) is 0 Å². The van der Waals surface area contributed by atoms with E-state index in [1.54, 1.807) is 18.3 Å². The minimum Gasteiger partial charge on any atom is -0.351 e. The van der Waals surface area contributed by atoms with Gasteiger partial charge in [-0.3, -0.25) is 19.7 Å². The van der Waals surface area contributed by atoms with Crippen molar-refractivity contribution in [1.29, 1.82) is 0 Å². The molecule has 0 spiro atoms. The molecule has 6 heteroatoms. The van der Waals surface area contributed by atoms with E-state index in [0.717, 1.165) is 55.8 Å². The largest absolute Gasteiger partial charge is 0.351 e. The Labute approximate surface area is 153 Å². The lowest BCUT2D eigenvalue weighted by Crippen LogP contribution is -2.34. The van der Waals surface area contributed by atoms with E-state index in [2.05, 4.69) is 20.2 Å². The van der Waals surface area contributed by atoms with Gasteiger partial charge < -0.3 is 5.32 Å². The predicted octanol–water partition coefficient (Wildman–Crippen LogP) is 2.71. The number of hydrogen-bond acceptors (Lipinski definition) is 4. The molecule has 1 N–H and O–H groups in total. The fraction of sp³-hybridized carbons (Fsp3) is 0.450. The summed E-state index contributed by atoms with van der Waals surface area (Å²) in [5, 5.41) is 2.72. The van der Waals surface area contributed by atoms with Crippen molar-refractivity contribution in [3.63, 3.8) is 0 Å². The first-order valence-electron chi connectivity index (χ1n) is 9.09. The predicted molar refractivity (Wildman–Crippen MR) is 97.7 cm³/mol. The van der Waals surface area contributed by atoms with Crippen LogP contribution in [0, 0.1) is 11.7 Å². The molecule has 0 unspecified atom stereocenters. The van der Waals surface area contributed by atoms with E-state index >= 15 is 0 Å². The smallest absolute Gasteiger partial charge is 0.217 e. The lowest BCUT2D eigenvalue weighted by atomic mass is 9.92. The zero-order chi connectivity index (χ0) is 18.4. The number of carbonyl (C=O) groups excluding carboxylic acids is 1. The first kappa shape index (κ1) is 18.5.